The lowest BCUT2D eigenvalue weighted by Crippen LogP contribution is -2.09. The first-order valence-electron chi connectivity index (χ1n) is 10.1. The monoisotopic (exact) mass is 398 g/mol. The Balaban J connectivity index is 1.67. The minimum absolute atomic E-state index is 0.631. The minimum atomic E-state index is 0.631. The van der Waals surface area contributed by atoms with Crippen LogP contribution in [0.2, 0.25) is 0 Å². The Morgan fingerprint density at radius 2 is 1.13 bits per heavy atom. The lowest BCUT2D eigenvalue weighted by atomic mass is 10.0. The molecule has 0 saturated heterocycles. The van der Waals surface area contributed by atoms with Gasteiger partial charge < -0.3 is 4.90 Å². The number of benzene rings is 4. The summed E-state index contributed by atoms with van der Waals surface area (Å²) in [5.74, 6) is 0. The van der Waals surface area contributed by atoms with Crippen LogP contribution in [-0.4, -0.2) is 0 Å². The summed E-state index contributed by atoms with van der Waals surface area (Å²) in [6.07, 6.45) is 3.71. The zero-order chi connectivity index (χ0) is 21.5. The average Bonchev–Trinajstić information content (AvgIpc) is 2.85. The standard InChI is InChI=1S/C29H22N2/c1-2-23-13-17-25(18-14-23)26(22-30)21-24-15-19-29(20-16-24)31(27-9-5-3-6-10-27)28-11-7-4-8-12-28/h2-21H,1H2. The van der Waals surface area contributed by atoms with E-state index in [2.05, 4.69) is 53.9 Å². The van der Waals surface area contributed by atoms with Gasteiger partial charge in [-0.25, -0.2) is 0 Å². The molecule has 0 heterocycles. The van der Waals surface area contributed by atoms with E-state index in [1.165, 1.54) is 0 Å². The summed E-state index contributed by atoms with van der Waals surface area (Å²) < 4.78 is 0. The molecule has 4 rings (SSSR count). The van der Waals surface area contributed by atoms with Gasteiger partial charge in [0.2, 0.25) is 0 Å². The molecule has 31 heavy (non-hydrogen) atoms. The highest BCUT2D eigenvalue weighted by Gasteiger charge is 2.11. The van der Waals surface area contributed by atoms with Crippen LogP contribution in [0.15, 0.2) is 116 Å². The van der Waals surface area contributed by atoms with Crippen LogP contribution >= 0.6 is 0 Å². The van der Waals surface area contributed by atoms with E-state index in [1.54, 1.807) is 6.08 Å². The van der Waals surface area contributed by atoms with Crippen LogP contribution in [0, 0.1) is 11.3 Å². The fourth-order valence-electron chi connectivity index (χ4n) is 3.47. The van der Waals surface area contributed by atoms with Gasteiger partial charge in [0.05, 0.1) is 11.6 Å². The second kappa shape index (κ2) is 9.43. The number of allylic oxidation sites excluding steroid dienone is 1. The molecule has 4 aromatic carbocycles. The van der Waals surface area contributed by atoms with Crippen molar-refractivity contribution in [2.24, 2.45) is 0 Å². The summed E-state index contributed by atoms with van der Waals surface area (Å²) in [5.41, 5.74) is 6.79. The van der Waals surface area contributed by atoms with Gasteiger partial charge in [0.15, 0.2) is 0 Å². The Bertz CT molecular complexity index is 1170. The lowest BCUT2D eigenvalue weighted by molar-refractivity contribution is 1.28. The van der Waals surface area contributed by atoms with Crippen molar-refractivity contribution in [1.82, 2.24) is 0 Å². The van der Waals surface area contributed by atoms with Crippen LogP contribution in [0.1, 0.15) is 16.7 Å². The molecule has 0 atom stereocenters. The maximum atomic E-state index is 9.66. The molecule has 2 heteroatoms. The van der Waals surface area contributed by atoms with E-state index in [1.807, 2.05) is 78.9 Å². The summed E-state index contributed by atoms with van der Waals surface area (Å²) in [7, 11) is 0. The van der Waals surface area contributed by atoms with Crippen LogP contribution in [-0.2, 0) is 0 Å². The number of hydrogen-bond acceptors (Lipinski definition) is 2. The van der Waals surface area contributed by atoms with Gasteiger partial charge in [0.1, 0.15) is 0 Å². The van der Waals surface area contributed by atoms with Crippen molar-refractivity contribution in [2.75, 3.05) is 4.90 Å². The Morgan fingerprint density at radius 1 is 0.645 bits per heavy atom. The summed E-state index contributed by atoms with van der Waals surface area (Å²) in [6.45, 7) is 3.78. The Hall–Kier alpha value is -4.35. The predicted octanol–water partition coefficient (Wildman–Crippen LogP) is 7.86. The van der Waals surface area contributed by atoms with Gasteiger partial charge in [0.25, 0.3) is 0 Å². The first-order chi connectivity index (χ1) is 15.3. The van der Waals surface area contributed by atoms with Crippen LogP contribution in [0.4, 0.5) is 17.1 Å². The fraction of sp³-hybridized carbons (Fsp3) is 0. The third-order valence-electron chi connectivity index (χ3n) is 5.07. The second-order valence-corrected chi connectivity index (χ2v) is 7.09. The van der Waals surface area contributed by atoms with Gasteiger partial charge in [-0.2, -0.15) is 5.26 Å². The number of rotatable bonds is 6. The molecule has 0 radical (unpaired) electrons. The van der Waals surface area contributed by atoms with Crippen LogP contribution in [0.5, 0.6) is 0 Å². The summed E-state index contributed by atoms with van der Waals surface area (Å²) in [5, 5.41) is 9.66. The molecule has 0 amide bonds. The summed E-state index contributed by atoms with van der Waals surface area (Å²) in [6, 6.07) is 39.0. The molecule has 0 aliphatic heterocycles. The molecule has 2 nitrogen and oxygen atoms in total. The molecule has 0 saturated carbocycles. The number of nitrogens with zero attached hydrogens (tertiary/aromatic N) is 2. The van der Waals surface area contributed by atoms with Crippen molar-refractivity contribution in [3.63, 3.8) is 0 Å². The normalized spacial score (nSPS) is 10.9. The molecule has 0 unspecified atom stereocenters. The molecular weight excluding hydrogens is 376 g/mol. The third kappa shape index (κ3) is 4.63. The molecule has 0 N–H and O–H groups in total. The van der Waals surface area contributed by atoms with Gasteiger partial charge in [-0.3, -0.25) is 0 Å². The van der Waals surface area contributed by atoms with Gasteiger partial charge >= 0.3 is 0 Å². The van der Waals surface area contributed by atoms with E-state index in [4.69, 9.17) is 0 Å². The van der Waals surface area contributed by atoms with E-state index in [0.29, 0.717) is 5.57 Å². The van der Waals surface area contributed by atoms with Crippen LogP contribution < -0.4 is 4.90 Å². The van der Waals surface area contributed by atoms with Gasteiger partial charge in [-0.1, -0.05) is 85.5 Å². The maximum Gasteiger partial charge on any atom is 0.0998 e. The van der Waals surface area contributed by atoms with Crippen molar-refractivity contribution < 1.29 is 0 Å². The molecule has 0 bridgehead atoms. The van der Waals surface area contributed by atoms with Crippen LogP contribution in [0.25, 0.3) is 17.7 Å². The molecule has 0 fully saturated rings. The van der Waals surface area contributed by atoms with Crippen molar-refractivity contribution in [1.29, 1.82) is 5.26 Å². The van der Waals surface area contributed by atoms with Crippen molar-refractivity contribution >= 4 is 34.8 Å². The van der Waals surface area contributed by atoms with E-state index < -0.39 is 0 Å². The highest BCUT2D eigenvalue weighted by Crippen LogP contribution is 2.34. The zero-order valence-corrected chi connectivity index (χ0v) is 17.1. The van der Waals surface area contributed by atoms with Gasteiger partial charge in [-0.05, 0) is 59.2 Å². The molecule has 4 aromatic rings. The summed E-state index contributed by atoms with van der Waals surface area (Å²) >= 11 is 0. The first-order valence-corrected chi connectivity index (χ1v) is 10.1. The quantitative estimate of drug-likeness (QED) is 0.244. The lowest BCUT2D eigenvalue weighted by Gasteiger charge is -2.25. The highest BCUT2D eigenvalue weighted by atomic mass is 15.1. The highest BCUT2D eigenvalue weighted by molar-refractivity contribution is 5.90. The van der Waals surface area contributed by atoms with E-state index in [0.717, 1.165) is 33.8 Å². The van der Waals surface area contributed by atoms with Crippen molar-refractivity contribution in [3.8, 4) is 6.07 Å². The second-order valence-electron chi connectivity index (χ2n) is 7.09. The Kier molecular flexibility index (Phi) is 6.07. The molecule has 148 valence electrons. The van der Waals surface area contributed by atoms with Gasteiger partial charge in [0, 0.05) is 17.1 Å². The Morgan fingerprint density at radius 3 is 1.61 bits per heavy atom. The molecule has 0 aliphatic rings. The minimum Gasteiger partial charge on any atom is -0.311 e. The zero-order valence-electron chi connectivity index (χ0n) is 17.1. The number of para-hydroxylation sites is 2. The smallest absolute Gasteiger partial charge is 0.0998 e. The van der Waals surface area contributed by atoms with E-state index in [9.17, 15) is 5.26 Å². The first kappa shape index (κ1) is 19.9. The molecule has 0 aromatic heterocycles. The molecule has 0 aliphatic carbocycles. The summed E-state index contributed by atoms with van der Waals surface area (Å²) in [4.78, 5) is 2.21. The van der Waals surface area contributed by atoms with E-state index >= 15 is 0 Å². The van der Waals surface area contributed by atoms with Crippen molar-refractivity contribution in [3.05, 3.63) is 132 Å². The van der Waals surface area contributed by atoms with Gasteiger partial charge in [-0.15, -0.1) is 0 Å². The predicted molar refractivity (Wildman–Crippen MR) is 131 cm³/mol. The molecule has 0 spiro atoms. The van der Waals surface area contributed by atoms with Crippen LogP contribution in [0.3, 0.4) is 0 Å². The fourth-order valence-corrected chi connectivity index (χ4v) is 3.47. The maximum absolute atomic E-state index is 9.66. The average molecular weight is 399 g/mol. The van der Waals surface area contributed by atoms with E-state index in [-0.39, 0.29) is 0 Å². The Labute approximate surface area is 183 Å². The van der Waals surface area contributed by atoms with Crippen molar-refractivity contribution in [2.45, 2.75) is 0 Å². The molecular formula is C29H22N2. The number of anilines is 3. The number of nitriles is 1. The topological polar surface area (TPSA) is 27.0 Å². The largest absolute Gasteiger partial charge is 0.311 e. The third-order valence-corrected chi connectivity index (χ3v) is 5.07. The SMILES string of the molecule is C=Cc1ccc(C(C#N)=Cc2ccc(N(c3ccccc3)c3ccccc3)cc2)cc1. The number of hydrogen-bond donors (Lipinski definition) is 0.